The van der Waals surface area contributed by atoms with Crippen molar-refractivity contribution in [3.05, 3.63) is 0 Å². The van der Waals surface area contributed by atoms with Crippen LogP contribution < -0.4 is 0 Å². The SMILES string of the molecule is CC(C)N1CCN(CCCN2CCOC[C@H]2C[C@@H](C)O)CC1. The van der Waals surface area contributed by atoms with Gasteiger partial charge in [0.25, 0.3) is 0 Å². The zero-order valence-corrected chi connectivity index (χ0v) is 14.7. The van der Waals surface area contributed by atoms with Gasteiger partial charge >= 0.3 is 0 Å². The zero-order chi connectivity index (χ0) is 15.9. The van der Waals surface area contributed by atoms with Crippen LogP contribution in [-0.4, -0.2) is 97.0 Å². The van der Waals surface area contributed by atoms with Crippen molar-refractivity contribution in [2.24, 2.45) is 0 Å². The summed E-state index contributed by atoms with van der Waals surface area (Å²) in [5.74, 6) is 0. The number of hydrogen-bond acceptors (Lipinski definition) is 5. The highest BCUT2D eigenvalue weighted by Gasteiger charge is 2.24. The first-order valence-corrected chi connectivity index (χ1v) is 9.02. The van der Waals surface area contributed by atoms with Gasteiger partial charge in [0.05, 0.1) is 19.3 Å². The standard InChI is InChI=1S/C17H35N3O2/c1-15(2)19-9-7-18(8-10-19)5-4-6-20-11-12-22-14-17(20)13-16(3)21/h15-17,21H,4-14H2,1-3H3/t16-,17-/m1/s1. The van der Waals surface area contributed by atoms with Gasteiger partial charge in [-0.15, -0.1) is 0 Å². The minimum Gasteiger partial charge on any atom is -0.393 e. The molecule has 2 saturated heterocycles. The highest BCUT2D eigenvalue weighted by Crippen LogP contribution is 2.14. The summed E-state index contributed by atoms with van der Waals surface area (Å²) in [4.78, 5) is 7.68. The number of ether oxygens (including phenoxy) is 1. The van der Waals surface area contributed by atoms with E-state index in [1.165, 1.54) is 39.1 Å². The average molecular weight is 313 g/mol. The van der Waals surface area contributed by atoms with Crippen molar-refractivity contribution >= 4 is 0 Å². The van der Waals surface area contributed by atoms with E-state index in [0.717, 1.165) is 32.7 Å². The molecule has 0 aromatic rings. The van der Waals surface area contributed by atoms with Crippen molar-refractivity contribution < 1.29 is 9.84 Å². The molecule has 2 aliphatic heterocycles. The van der Waals surface area contributed by atoms with E-state index in [9.17, 15) is 5.11 Å². The molecule has 5 heteroatoms. The average Bonchev–Trinajstić information content (AvgIpc) is 2.49. The third-order valence-electron chi connectivity index (χ3n) is 5.02. The lowest BCUT2D eigenvalue weighted by Gasteiger charge is -2.38. The fourth-order valence-corrected chi connectivity index (χ4v) is 3.60. The van der Waals surface area contributed by atoms with Gasteiger partial charge in [-0.3, -0.25) is 9.80 Å². The molecule has 0 amide bonds. The summed E-state index contributed by atoms with van der Waals surface area (Å²) >= 11 is 0. The predicted molar refractivity (Wildman–Crippen MR) is 90.2 cm³/mol. The van der Waals surface area contributed by atoms with E-state index in [1.807, 2.05) is 6.92 Å². The van der Waals surface area contributed by atoms with Crippen LogP contribution >= 0.6 is 0 Å². The highest BCUT2D eigenvalue weighted by molar-refractivity contribution is 4.78. The van der Waals surface area contributed by atoms with Crippen molar-refractivity contribution in [1.29, 1.82) is 0 Å². The molecular weight excluding hydrogens is 278 g/mol. The van der Waals surface area contributed by atoms with Gasteiger partial charge in [-0.2, -0.15) is 0 Å². The van der Waals surface area contributed by atoms with Gasteiger partial charge in [-0.25, -0.2) is 0 Å². The topological polar surface area (TPSA) is 39.2 Å². The molecule has 0 aliphatic carbocycles. The highest BCUT2D eigenvalue weighted by atomic mass is 16.5. The van der Waals surface area contributed by atoms with Gasteiger partial charge in [0.15, 0.2) is 0 Å². The van der Waals surface area contributed by atoms with Gasteiger partial charge in [-0.05, 0) is 46.7 Å². The van der Waals surface area contributed by atoms with Crippen molar-refractivity contribution in [3.63, 3.8) is 0 Å². The molecule has 130 valence electrons. The van der Waals surface area contributed by atoms with E-state index in [0.29, 0.717) is 12.1 Å². The molecule has 0 spiro atoms. The molecule has 22 heavy (non-hydrogen) atoms. The summed E-state index contributed by atoms with van der Waals surface area (Å²) in [6.45, 7) is 16.2. The van der Waals surface area contributed by atoms with Crippen molar-refractivity contribution in [2.75, 3.05) is 59.0 Å². The van der Waals surface area contributed by atoms with Crippen LogP contribution in [0.1, 0.15) is 33.6 Å². The summed E-state index contributed by atoms with van der Waals surface area (Å²) in [5, 5.41) is 9.63. The van der Waals surface area contributed by atoms with Crippen LogP contribution in [0.3, 0.4) is 0 Å². The molecule has 0 aromatic heterocycles. The number of rotatable bonds is 7. The molecule has 0 saturated carbocycles. The second kappa shape index (κ2) is 9.18. The van der Waals surface area contributed by atoms with Crippen molar-refractivity contribution in [2.45, 2.75) is 51.8 Å². The first-order chi connectivity index (χ1) is 10.6. The van der Waals surface area contributed by atoms with Gasteiger partial charge in [0, 0.05) is 44.8 Å². The maximum Gasteiger partial charge on any atom is 0.0623 e. The Hall–Kier alpha value is -0.200. The predicted octanol–water partition coefficient (Wildman–Crippen LogP) is 0.874. The molecule has 0 bridgehead atoms. The fraction of sp³-hybridized carbons (Fsp3) is 1.00. The maximum atomic E-state index is 9.63. The number of piperazine rings is 1. The number of aliphatic hydroxyl groups is 1. The normalized spacial score (nSPS) is 27.4. The van der Waals surface area contributed by atoms with E-state index in [-0.39, 0.29) is 6.10 Å². The second-order valence-corrected chi connectivity index (χ2v) is 7.17. The molecule has 0 radical (unpaired) electrons. The van der Waals surface area contributed by atoms with Crippen LogP contribution in [-0.2, 0) is 4.74 Å². The molecule has 2 fully saturated rings. The summed E-state index contributed by atoms with van der Waals surface area (Å²) < 4.78 is 5.57. The Bertz CT molecular complexity index is 304. The van der Waals surface area contributed by atoms with Crippen molar-refractivity contribution in [3.8, 4) is 0 Å². The Labute approximate surface area is 136 Å². The summed E-state index contributed by atoms with van der Waals surface area (Å²) in [5.41, 5.74) is 0. The van der Waals surface area contributed by atoms with Gasteiger partial charge in [-0.1, -0.05) is 0 Å². The first kappa shape index (κ1) is 18.1. The van der Waals surface area contributed by atoms with Crippen LogP contribution in [0.5, 0.6) is 0 Å². The lowest BCUT2D eigenvalue weighted by molar-refractivity contribution is -0.0253. The molecule has 0 unspecified atom stereocenters. The molecule has 2 rings (SSSR count). The summed E-state index contributed by atoms with van der Waals surface area (Å²) in [7, 11) is 0. The third kappa shape index (κ3) is 5.78. The van der Waals surface area contributed by atoms with Gasteiger partial charge in [0.1, 0.15) is 0 Å². The Morgan fingerprint density at radius 3 is 2.41 bits per heavy atom. The van der Waals surface area contributed by atoms with E-state index in [4.69, 9.17) is 4.74 Å². The van der Waals surface area contributed by atoms with Crippen LogP contribution in [0, 0.1) is 0 Å². The molecular formula is C17H35N3O2. The van der Waals surface area contributed by atoms with Crippen LogP contribution in [0.4, 0.5) is 0 Å². The Kier molecular flexibility index (Phi) is 7.57. The van der Waals surface area contributed by atoms with Gasteiger partial charge < -0.3 is 14.7 Å². The first-order valence-electron chi connectivity index (χ1n) is 9.02. The van der Waals surface area contributed by atoms with Gasteiger partial charge in [0.2, 0.25) is 0 Å². The minimum atomic E-state index is -0.238. The molecule has 2 atom stereocenters. The Balaban J connectivity index is 1.65. The number of nitrogens with zero attached hydrogens (tertiary/aromatic N) is 3. The molecule has 2 aliphatic rings. The number of aliphatic hydroxyl groups excluding tert-OH is 1. The summed E-state index contributed by atoms with van der Waals surface area (Å²) in [6, 6.07) is 1.07. The number of hydrogen-bond donors (Lipinski definition) is 1. The van der Waals surface area contributed by atoms with Crippen LogP contribution in [0.25, 0.3) is 0 Å². The lowest BCUT2D eigenvalue weighted by atomic mass is 10.1. The minimum absolute atomic E-state index is 0.238. The van der Waals surface area contributed by atoms with Crippen LogP contribution in [0.15, 0.2) is 0 Å². The Morgan fingerprint density at radius 2 is 1.77 bits per heavy atom. The van der Waals surface area contributed by atoms with Crippen molar-refractivity contribution in [1.82, 2.24) is 14.7 Å². The van der Waals surface area contributed by atoms with E-state index in [1.54, 1.807) is 0 Å². The summed E-state index contributed by atoms with van der Waals surface area (Å²) in [6.07, 6.45) is 1.81. The Morgan fingerprint density at radius 1 is 1.05 bits per heavy atom. The lowest BCUT2D eigenvalue weighted by Crippen LogP contribution is -2.50. The second-order valence-electron chi connectivity index (χ2n) is 7.17. The van der Waals surface area contributed by atoms with E-state index in [2.05, 4.69) is 28.5 Å². The monoisotopic (exact) mass is 313 g/mol. The van der Waals surface area contributed by atoms with E-state index >= 15 is 0 Å². The van der Waals surface area contributed by atoms with E-state index < -0.39 is 0 Å². The molecule has 5 nitrogen and oxygen atoms in total. The quantitative estimate of drug-likeness (QED) is 0.755. The molecule has 1 N–H and O–H groups in total. The fourth-order valence-electron chi connectivity index (χ4n) is 3.60. The molecule has 2 heterocycles. The molecule has 0 aromatic carbocycles. The van der Waals surface area contributed by atoms with Crippen LogP contribution in [0.2, 0.25) is 0 Å². The number of morpholine rings is 1. The third-order valence-corrected chi connectivity index (χ3v) is 5.02. The largest absolute Gasteiger partial charge is 0.393 e. The smallest absolute Gasteiger partial charge is 0.0623 e. The zero-order valence-electron chi connectivity index (χ0n) is 14.7. The maximum absolute atomic E-state index is 9.63.